The number of hydrogen-bond acceptors (Lipinski definition) is 2. The average Bonchev–Trinajstić information content (AvgIpc) is 2.67. The lowest BCUT2D eigenvalue weighted by Gasteiger charge is -2.06. The van der Waals surface area contributed by atoms with E-state index in [0.717, 1.165) is 35.6 Å². The Balaban J connectivity index is 2.60. The highest BCUT2D eigenvalue weighted by Gasteiger charge is 2.09. The first-order valence-corrected chi connectivity index (χ1v) is 5.92. The summed E-state index contributed by atoms with van der Waals surface area (Å²) in [6.07, 6.45) is 1.06. The summed E-state index contributed by atoms with van der Waals surface area (Å²) >= 11 is 5.90. The monoisotopic (exact) mass is 238 g/mol. The van der Waals surface area contributed by atoms with Crippen molar-refractivity contribution in [2.24, 2.45) is 0 Å². The second kappa shape index (κ2) is 4.74. The number of nitrogens with zero attached hydrogens (tertiary/aromatic N) is 2. The van der Waals surface area contributed by atoms with Gasteiger partial charge in [-0.05, 0) is 18.6 Å². The maximum atomic E-state index is 5.90. The zero-order chi connectivity index (χ0) is 11.5. The molecular weight excluding hydrogens is 224 g/mol. The van der Waals surface area contributed by atoms with Gasteiger partial charge in [0.2, 0.25) is 0 Å². The number of imidazole rings is 1. The summed E-state index contributed by atoms with van der Waals surface area (Å²) in [6, 6.07) is 5.90. The third-order valence-corrected chi connectivity index (χ3v) is 2.84. The van der Waals surface area contributed by atoms with Crippen LogP contribution in [0.1, 0.15) is 19.2 Å². The van der Waals surface area contributed by atoms with Crippen LogP contribution in [0.4, 0.5) is 0 Å². The smallest absolute Gasteiger partial charge is 0.124 e. The summed E-state index contributed by atoms with van der Waals surface area (Å²) in [6.45, 7) is 3.08. The molecule has 0 saturated heterocycles. The van der Waals surface area contributed by atoms with Crippen LogP contribution in [0.5, 0.6) is 5.75 Å². The maximum absolute atomic E-state index is 5.90. The van der Waals surface area contributed by atoms with Gasteiger partial charge < -0.3 is 9.30 Å². The van der Waals surface area contributed by atoms with Crippen molar-refractivity contribution in [1.29, 1.82) is 0 Å². The summed E-state index contributed by atoms with van der Waals surface area (Å²) in [7, 11) is 1.67. The van der Waals surface area contributed by atoms with Crippen LogP contribution >= 0.6 is 11.6 Å². The number of methoxy groups -OCH3 is 1. The highest BCUT2D eigenvalue weighted by atomic mass is 35.5. The maximum Gasteiger partial charge on any atom is 0.124 e. The predicted molar refractivity (Wildman–Crippen MR) is 66.1 cm³/mol. The molecule has 0 radical (unpaired) electrons. The Labute approximate surface area is 100.0 Å². The molecule has 0 N–H and O–H groups in total. The lowest BCUT2D eigenvalue weighted by atomic mass is 10.3. The quantitative estimate of drug-likeness (QED) is 0.765. The van der Waals surface area contributed by atoms with Crippen LogP contribution in [0, 0.1) is 0 Å². The van der Waals surface area contributed by atoms with Crippen molar-refractivity contribution >= 4 is 22.6 Å². The van der Waals surface area contributed by atoms with Gasteiger partial charge in [0.15, 0.2) is 0 Å². The number of fused-ring (bicyclic) bond motifs is 1. The van der Waals surface area contributed by atoms with Gasteiger partial charge in [0.25, 0.3) is 0 Å². The molecule has 0 saturated carbocycles. The molecular formula is C12H15ClN2O. The number of aryl methyl sites for hydroxylation is 1. The molecule has 0 amide bonds. The van der Waals surface area contributed by atoms with E-state index in [0.29, 0.717) is 5.88 Å². The van der Waals surface area contributed by atoms with Crippen molar-refractivity contribution in [3.63, 3.8) is 0 Å². The SMILES string of the molecule is CCCn1c(CCl)nc2ccc(OC)cc21. The summed E-state index contributed by atoms with van der Waals surface area (Å²) < 4.78 is 7.38. The Morgan fingerprint density at radius 3 is 2.88 bits per heavy atom. The van der Waals surface area contributed by atoms with Crippen molar-refractivity contribution in [2.75, 3.05) is 7.11 Å². The molecule has 0 aliphatic carbocycles. The van der Waals surface area contributed by atoms with Gasteiger partial charge in [-0.15, -0.1) is 11.6 Å². The fourth-order valence-corrected chi connectivity index (χ4v) is 2.06. The van der Waals surface area contributed by atoms with Crippen molar-refractivity contribution in [3.8, 4) is 5.75 Å². The van der Waals surface area contributed by atoms with Crippen molar-refractivity contribution < 1.29 is 4.74 Å². The number of alkyl halides is 1. The molecule has 1 aromatic heterocycles. The van der Waals surface area contributed by atoms with E-state index < -0.39 is 0 Å². The molecule has 0 unspecified atom stereocenters. The molecule has 0 bridgehead atoms. The molecule has 0 fully saturated rings. The zero-order valence-electron chi connectivity index (χ0n) is 9.53. The Kier molecular flexibility index (Phi) is 3.34. The molecule has 16 heavy (non-hydrogen) atoms. The van der Waals surface area contributed by atoms with Gasteiger partial charge in [-0.3, -0.25) is 0 Å². The molecule has 1 heterocycles. The predicted octanol–water partition coefficient (Wildman–Crippen LogP) is 3.19. The minimum Gasteiger partial charge on any atom is -0.497 e. The summed E-state index contributed by atoms with van der Waals surface area (Å²) in [5.74, 6) is 2.22. The molecule has 0 aliphatic heterocycles. The summed E-state index contributed by atoms with van der Waals surface area (Å²) in [4.78, 5) is 4.50. The highest BCUT2D eigenvalue weighted by Crippen LogP contribution is 2.23. The van der Waals surface area contributed by atoms with E-state index in [-0.39, 0.29) is 0 Å². The van der Waals surface area contributed by atoms with Gasteiger partial charge in [0.05, 0.1) is 24.0 Å². The van der Waals surface area contributed by atoms with Crippen LogP contribution in [-0.2, 0) is 12.4 Å². The minimum absolute atomic E-state index is 0.441. The Morgan fingerprint density at radius 2 is 2.25 bits per heavy atom. The Hall–Kier alpha value is -1.22. The van der Waals surface area contributed by atoms with Gasteiger partial charge in [0, 0.05) is 12.6 Å². The third-order valence-electron chi connectivity index (χ3n) is 2.60. The van der Waals surface area contributed by atoms with E-state index in [1.165, 1.54) is 0 Å². The molecule has 0 aliphatic rings. The van der Waals surface area contributed by atoms with E-state index in [2.05, 4.69) is 16.5 Å². The number of benzene rings is 1. The second-order valence-electron chi connectivity index (χ2n) is 3.67. The zero-order valence-corrected chi connectivity index (χ0v) is 10.3. The Bertz CT molecular complexity index is 493. The third kappa shape index (κ3) is 1.87. The van der Waals surface area contributed by atoms with Crippen LogP contribution in [0.15, 0.2) is 18.2 Å². The van der Waals surface area contributed by atoms with Crippen LogP contribution in [0.3, 0.4) is 0 Å². The highest BCUT2D eigenvalue weighted by molar-refractivity contribution is 6.16. The van der Waals surface area contributed by atoms with E-state index in [1.807, 2.05) is 18.2 Å². The van der Waals surface area contributed by atoms with Gasteiger partial charge >= 0.3 is 0 Å². The normalized spacial score (nSPS) is 10.9. The van der Waals surface area contributed by atoms with Crippen molar-refractivity contribution in [3.05, 3.63) is 24.0 Å². The van der Waals surface area contributed by atoms with Crippen LogP contribution in [-0.4, -0.2) is 16.7 Å². The van der Waals surface area contributed by atoms with E-state index in [9.17, 15) is 0 Å². The molecule has 2 rings (SSSR count). The van der Waals surface area contributed by atoms with Gasteiger partial charge in [-0.2, -0.15) is 0 Å². The molecule has 3 nitrogen and oxygen atoms in total. The lowest BCUT2D eigenvalue weighted by Crippen LogP contribution is -2.01. The standard InChI is InChI=1S/C12H15ClN2O/c1-3-6-15-11-7-9(16-2)4-5-10(11)14-12(15)8-13/h4-5,7H,3,6,8H2,1-2H3. The van der Waals surface area contributed by atoms with Crippen molar-refractivity contribution in [2.45, 2.75) is 25.8 Å². The fourth-order valence-electron chi connectivity index (χ4n) is 1.85. The number of rotatable bonds is 4. The van der Waals surface area contributed by atoms with E-state index in [1.54, 1.807) is 7.11 Å². The fraction of sp³-hybridized carbons (Fsp3) is 0.417. The molecule has 1 aromatic carbocycles. The van der Waals surface area contributed by atoms with Gasteiger partial charge in [0.1, 0.15) is 11.6 Å². The van der Waals surface area contributed by atoms with Gasteiger partial charge in [-0.25, -0.2) is 4.98 Å². The first-order valence-electron chi connectivity index (χ1n) is 5.39. The lowest BCUT2D eigenvalue weighted by molar-refractivity contribution is 0.415. The largest absolute Gasteiger partial charge is 0.497 e. The second-order valence-corrected chi connectivity index (χ2v) is 3.94. The first-order chi connectivity index (χ1) is 7.80. The van der Waals surface area contributed by atoms with E-state index in [4.69, 9.17) is 16.3 Å². The number of hydrogen-bond donors (Lipinski definition) is 0. The minimum atomic E-state index is 0.441. The summed E-state index contributed by atoms with van der Waals surface area (Å²) in [5, 5.41) is 0. The summed E-state index contributed by atoms with van der Waals surface area (Å²) in [5.41, 5.74) is 2.07. The molecule has 0 atom stereocenters. The number of halogens is 1. The van der Waals surface area contributed by atoms with E-state index >= 15 is 0 Å². The van der Waals surface area contributed by atoms with Crippen LogP contribution in [0.25, 0.3) is 11.0 Å². The molecule has 4 heteroatoms. The van der Waals surface area contributed by atoms with Gasteiger partial charge in [-0.1, -0.05) is 6.92 Å². The average molecular weight is 239 g/mol. The first kappa shape index (κ1) is 11.3. The molecule has 2 aromatic rings. The topological polar surface area (TPSA) is 27.1 Å². The number of ether oxygens (including phenoxy) is 1. The number of aromatic nitrogens is 2. The Morgan fingerprint density at radius 1 is 1.44 bits per heavy atom. The van der Waals surface area contributed by atoms with Crippen molar-refractivity contribution in [1.82, 2.24) is 9.55 Å². The van der Waals surface area contributed by atoms with Crippen LogP contribution < -0.4 is 4.74 Å². The van der Waals surface area contributed by atoms with Crippen LogP contribution in [0.2, 0.25) is 0 Å². The molecule has 86 valence electrons. The molecule has 0 spiro atoms.